The van der Waals surface area contributed by atoms with Gasteiger partial charge in [-0.3, -0.25) is 9.59 Å². The summed E-state index contributed by atoms with van der Waals surface area (Å²) >= 11 is 0. The molecule has 2 heterocycles. The lowest BCUT2D eigenvalue weighted by molar-refractivity contribution is -0.187. The van der Waals surface area contributed by atoms with E-state index in [-0.39, 0.29) is 18.4 Å². The van der Waals surface area contributed by atoms with E-state index < -0.39 is 5.79 Å². The average molecular weight is 318 g/mol. The predicted molar refractivity (Wildman–Crippen MR) is 84.0 cm³/mol. The third kappa shape index (κ3) is 3.71. The summed E-state index contributed by atoms with van der Waals surface area (Å²) in [5, 5.41) is 2.69. The number of ether oxygens (including phenoxy) is 2. The van der Waals surface area contributed by atoms with Crippen LogP contribution in [-0.2, 0) is 14.3 Å². The van der Waals surface area contributed by atoms with Crippen LogP contribution in [0.1, 0.15) is 28.8 Å². The maximum absolute atomic E-state index is 12.2. The molecule has 3 rings (SSSR count). The van der Waals surface area contributed by atoms with Crippen LogP contribution in [-0.4, -0.2) is 55.3 Å². The fraction of sp³-hybridized carbons (Fsp3) is 0.529. The summed E-state index contributed by atoms with van der Waals surface area (Å²) < 4.78 is 11.3. The van der Waals surface area contributed by atoms with Crippen LogP contribution in [0.3, 0.4) is 0 Å². The average Bonchev–Trinajstić information content (AvgIpc) is 3.01. The molecule has 6 heteroatoms. The van der Waals surface area contributed by atoms with E-state index in [0.29, 0.717) is 44.7 Å². The van der Waals surface area contributed by atoms with E-state index in [2.05, 4.69) is 5.32 Å². The Morgan fingerprint density at radius 3 is 2.57 bits per heavy atom. The number of nitrogens with zero attached hydrogens (tertiary/aromatic N) is 1. The molecule has 23 heavy (non-hydrogen) atoms. The Labute approximate surface area is 135 Å². The summed E-state index contributed by atoms with van der Waals surface area (Å²) in [6.45, 7) is 4.39. The van der Waals surface area contributed by atoms with E-state index in [1.807, 2.05) is 19.1 Å². The highest BCUT2D eigenvalue weighted by Crippen LogP contribution is 2.31. The SMILES string of the molecule is Cc1cccc(C(=O)NCC(=O)N2CCC3(CC2)OCCO3)c1. The normalized spacial score (nSPS) is 19.8. The van der Waals surface area contributed by atoms with Gasteiger partial charge in [-0.2, -0.15) is 0 Å². The Hall–Kier alpha value is -1.92. The second-order valence-corrected chi connectivity index (χ2v) is 6.04. The standard InChI is InChI=1S/C17H22N2O4/c1-13-3-2-4-14(11-13)16(21)18-12-15(20)19-7-5-17(6-8-19)22-9-10-23-17/h2-4,11H,5-10,12H2,1H3,(H,18,21). The lowest BCUT2D eigenvalue weighted by Gasteiger charge is -2.37. The topological polar surface area (TPSA) is 67.9 Å². The van der Waals surface area contributed by atoms with Crippen molar-refractivity contribution >= 4 is 11.8 Å². The molecule has 0 saturated carbocycles. The molecule has 0 aliphatic carbocycles. The van der Waals surface area contributed by atoms with Crippen molar-refractivity contribution in [2.45, 2.75) is 25.6 Å². The number of benzene rings is 1. The summed E-state index contributed by atoms with van der Waals surface area (Å²) in [6, 6.07) is 7.31. The zero-order chi connectivity index (χ0) is 16.3. The van der Waals surface area contributed by atoms with Crippen LogP contribution in [0.4, 0.5) is 0 Å². The van der Waals surface area contributed by atoms with Gasteiger partial charge >= 0.3 is 0 Å². The number of carbonyl (C=O) groups excluding carboxylic acids is 2. The Kier molecular flexibility index (Phi) is 4.63. The Bertz CT molecular complexity index is 586. The molecule has 2 fully saturated rings. The van der Waals surface area contributed by atoms with Crippen molar-refractivity contribution < 1.29 is 19.1 Å². The van der Waals surface area contributed by atoms with Crippen molar-refractivity contribution in [3.05, 3.63) is 35.4 Å². The molecule has 0 bridgehead atoms. The fourth-order valence-corrected chi connectivity index (χ4v) is 3.04. The van der Waals surface area contributed by atoms with Crippen LogP contribution in [0.2, 0.25) is 0 Å². The molecule has 6 nitrogen and oxygen atoms in total. The molecule has 0 radical (unpaired) electrons. The fourth-order valence-electron chi connectivity index (χ4n) is 3.04. The van der Waals surface area contributed by atoms with E-state index in [4.69, 9.17) is 9.47 Å². The molecule has 2 aliphatic heterocycles. The highest BCUT2D eigenvalue weighted by atomic mass is 16.7. The van der Waals surface area contributed by atoms with Gasteiger partial charge in [0.15, 0.2) is 5.79 Å². The number of piperidine rings is 1. The molecule has 0 unspecified atom stereocenters. The number of amides is 2. The van der Waals surface area contributed by atoms with Gasteiger partial charge in [-0.05, 0) is 19.1 Å². The van der Waals surface area contributed by atoms with Gasteiger partial charge in [-0.15, -0.1) is 0 Å². The first kappa shape index (κ1) is 16.0. The lowest BCUT2D eigenvalue weighted by atomic mass is 10.0. The molecule has 1 N–H and O–H groups in total. The Morgan fingerprint density at radius 2 is 1.91 bits per heavy atom. The molecule has 1 spiro atoms. The van der Waals surface area contributed by atoms with E-state index in [9.17, 15) is 9.59 Å². The summed E-state index contributed by atoms with van der Waals surface area (Å²) in [5.41, 5.74) is 1.59. The van der Waals surface area contributed by atoms with Crippen molar-refractivity contribution in [1.82, 2.24) is 10.2 Å². The molecular formula is C17H22N2O4. The van der Waals surface area contributed by atoms with Gasteiger partial charge in [-0.25, -0.2) is 0 Å². The van der Waals surface area contributed by atoms with Gasteiger partial charge in [0.2, 0.25) is 5.91 Å². The molecule has 1 aromatic rings. The zero-order valence-corrected chi connectivity index (χ0v) is 13.3. The predicted octanol–water partition coefficient (Wildman–Crippen LogP) is 1.09. The minimum absolute atomic E-state index is 0.0154. The maximum Gasteiger partial charge on any atom is 0.251 e. The number of hydrogen-bond acceptors (Lipinski definition) is 4. The molecule has 1 aromatic carbocycles. The lowest BCUT2D eigenvalue weighted by Crippen LogP contribution is -2.49. The quantitative estimate of drug-likeness (QED) is 0.906. The molecule has 0 atom stereocenters. The third-order valence-electron chi connectivity index (χ3n) is 4.37. The van der Waals surface area contributed by atoms with Crippen molar-refractivity contribution in [1.29, 1.82) is 0 Å². The number of aryl methyl sites for hydroxylation is 1. The van der Waals surface area contributed by atoms with Crippen LogP contribution in [0.15, 0.2) is 24.3 Å². The van der Waals surface area contributed by atoms with Gasteiger partial charge in [0.1, 0.15) is 0 Å². The molecule has 0 aromatic heterocycles. The van der Waals surface area contributed by atoms with E-state index in [1.54, 1.807) is 17.0 Å². The van der Waals surface area contributed by atoms with Crippen LogP contribution in [0.25, 0.3) is 0 Å². The largest absolute Gasteiger partial charge is 0.347 e. The first-order valence-corrected chi connectivity index (χ1v) is 7.99. The summed E-state index contributed by atoms with van der Waals surface area (Å²) in [6.07, 6.45) is 1.37. The number of likely N-dealkylation sites (tertiary alicyclic amines) is 1. The molecule has 2 saturated heterocycles. The molecular weight excluding hydrogens is 296 g/mol. The second kappa shape index (κ2) is 6.68. The number of hydrogen-bond donors (Lipinski definition) is 1. The highest BCUT2D eigenvalue weighted by molar-refractivity contribution is 5.96. The third-order valence-corrected chi connectivity index (χ3v) is 4.37. The maximum atomic E-state index is 12.2. The van der Waals surface area contributed by atoms with Crippen LogP contribution in [0.5, 0.6) is 0 Å². The minimum Gasteiger partial charge on any atom is -0.347 e. The van der Waals surface area contributed by atoms with Crippen LogP contribution >= 0.6 is 0 Å². The number of nitrogens with one attached hydrogen (secondary N) is 1. The number of rotatable bonds is 3. The van der Waals surface area contributed by atoms with Crippen molar-refractivity contribution in [3.63, 3.8) is 0 Å². The summed E-state index contributed by atoms with van der Waals surface area (Å²) in [7, 11) is 0. The van der Waals surface area contributed by atoms with Crippen LogP contribution < -0.4 is 5.32 Å². The first-order valence-electron chi connectivity index (χ1n) is 7.99. The Balaban J connectivity index is 1.47. The van der Waals surface area contributed by atoms with Gasteiger partial charge in [0.25, 0.3) is 5.91 Å². The smallest absolute Gasteiger partial charge is 0.251 e. The number of carbonyl (C=O) groups is 2. The van der Waals surface area contributed by atoms with Gasteiger partial charge in [-0.1, -0.05) is 17.7 Å². The second-order valence-electron chi connectivity index (χ2n) is 6.04. The van der Waals surface area contributed by atoms with Crippen molar-refractivity contribution in [2.24, 2.45) is 0 Å². The van der Waals surface area contributed by atoms with Gasteiger partial charge in [0.05, 0.1) is 19.8 Å². The van der Waals surface area contributed by atoms with E-state index in [1.165, 1.54) is 0 Å². The summed E-state index contributed by atoms with van der Waals surface area (Å²) in [5.74, 6) is -0.779. The van der Waals surface area contributed by atoms with E-state index in [0.717, 1.165) is 5.56 Å². The van der Waals surface area contributed by atoms with E-state index >= 15 is 0 Å². The molecule has 2 aliphatic rings. The first-order chi connectivity index (χ1) is 11.1. The molecule has 2 amide bonds. The summed E-state index contributed by atoms with van der Waals surface area (Å²) in [4.78, 5) is 26.1. The van der Waals surface area contributed by atoms with Crippen molar-refractivity contribution in [3.8, 4) is 0 Å². The highest BCUT2D eigenvalue weighted by Gasteiger charge is 2.40. The van der Waals surface area contributed by atoms with Crippen LogP contribution in [0, 0.1) is 6.92 Å². The minimum atomic E-state index is -0.485. The zero-order valence-electron chi connectivity index (χ0n) is 13.3. The molecule has 124 valence electrons. The van der Waals surface area contributed by atoms with Gasteiger partial charge in [0, 0.05) is 31.5 Å². The monoisotopic (exact) mass is 318 g/mol. The van der Waals surface area contributed by atoms with Gasteiger partial charge < -0.3 is 19.7 Å². The van der Waals surface area contributed by atoms with Crippen molar-refractivity contribution in [2.75, 3.05) is 32.8 Å². The Morgan fingerprint density at radius 1 is 1.22 bits per heavy atom.